The largest absolute Gasteiger partial charge is 0.422 e. The van der Waals surface area contributed by atoms with Crippen LogP contribution in [0, 0.1) is 11.3 Å². The molecule has 2 rings (SSSR count). The number of sulfonamides is 1. The van der Waals surface area contributed by atoms with Crippen molar-refractivity contribution in [1.29, 1.82) is 5.26 Å². The van der Waals surface area contributed by atoms with Crippen molar-refractivity contribution in [3.63, 3.8) is 0 Å². The average Bonchev–Trinajstić information content (AvgIpc) is 2.63. The van der Waals surface area contributed by atoms with Gasteiger partial charge in [-0.25, -0.2) is 13.2 Å². The molecule has 0 amide bonds. The maximum atomic E-state index is 12.6. The summed E-state index contributed by atoms with van der Waals surface area (Å²) < 4.78 is 31.7. The number of rotatable bonds is 6. The Hall–Kier alpha value is -2.69. The van der Waals surface area contributed by atoms with Crippen molar-refractivity contribution in [2.24, 2.45) is 0 Å². The summed E-state index contributed by atoms with van der Waals surface area (Å²) in [5, 5.41) is 9.04. The van der Waals surface area contributed by atoms with Crippen molar-refractivity contribution in [2.75, 3.05) is 13.1 Å². The number of nitrogens with zero attached hydrogens (tertiary/aromatic N) is 2. The van der Waals surface area contributed by atoms with Crippen LogP contribution < -0.4 is 4.74 Å². The summed E-state index contributed by atoms with van der Waals surface area (Å²) in [6.45, 7) is 4.17. The number of carbonyl (C=O) groups is 1. The van der Waals surface area contributed by atoms with Crippen LogP contribution in [-0.4, -0.2) is 31.8 Å². The molecule has 0 bridgehead atoms. The molecule has 0 N–H and O–H groups in total. The Morgan fingerprint density at radius 3 is 2.44 bits per heavy atom. The summed E-state index contributed by atoms with van der Waals surface area (Å²) in [5.74, 6) is -0.591. The van der Waals surface area contributed by atoms with Gasteiger partial charge < -0.3 is 4.74 Å². The van der Waals surface area contributed by atoms with Crippen molar-refractivity contribution in [2.45, 2.75) is 18.7 Å². The molecule has 0 aromatic heterocycles. The lowest BCUT2D eigenvalue weighted by Gasteiger charge is -2.18. The predicted octanol–water partition coefficient (Wildman–Crippen LogP) is 2.81. The molecule has 0 aliphatic heterocycles. The third-order valence-corrected chi connectivity index (χ3v) is 5.67. The molecule has 0 radical (unpaired) electrons. The first kappa shape index (κ1) is 18.6. The highest BCUT2D eigenvalue weighted by Crippen LogP contribution is 2.21. The van der Waals surface area contributed by atoms with Crippen molar-refractivity contribution in [1.82, 2.24) is 4.31 Å². The van der Waals surface area contributed by atoms with Crippen LogP contribution >= 0.6 is 0 Å². The van der Waals surface area contributed by atoms with Crippen LogP contribution in [0.1, 0.15) is 29.8 Å². The van der Waals surface area contributed by atoms with Crippen LogP contribution in [-0.2, 0) is 10.0 Å². The molecular formula is C18H18N2O4S. The third-order valence-electron chi connectivity index (χ3n) is 3.62. The van der Waals surface area contributed by atoms with Crippen LogP contribution in [0.3, 0.4) is 0 Å². The van der Waals surface area contributed by atoms with E-state index >= 15 is 0 Å². The maximum Gasteiger partial charge on any atom is 0.343 e. The summed E-state index contributed by atoms with van der Waals surface area (Å²) in [5.41, 5.74) is 0.323. The summed E-state index contributed by atoms with van der Waals surface area (Å²) in [6, 6.07) is 14.0. The maximum absolute atomic E-state index is 12.6. The lowest BCUT2D eigenvalue weighted by Crippen LogP contribution is -2.30. The molecule has 0 saturated carbocycles. The quantitative estimate of drug-likeness (QED) is 0.585. The Kier molecular flexibility index (Phi) is 5.91. The van der Waals surface area contributed by atoms with Crippen molar-refractivity contribution >= 4 is 16.0 Å². The van der Waals surface area contributed by atoms with Crippen LogP contribution in [0.15, 0.2) is 53.4 Å². The zero-order valence-electron chi connectivity index (χ0n) is 14.0. The van der Waals surface area contributed by atoms with Gasteiger partial charge in [-0.15, -0.1) is 0 Å². The minimum atomic E-state index is -3.67. The van der Waals surface area contributed by atoms with Gasteiger partial charge in [0.1, 0.15) is 11.8 Å². The number of hydrogen-bond acceptors (Lipinski definition) is 5. The van der Waals surface area contributed by atoms with E-state index in [1.807, 2.05) is 6.07 Å². The van der Waals surface area contributed by atoms with E-state index in [9.17, 15) is 13.2 Å². The normalized spacial score (nSPS) is 11.1. The second-order valence-electron chi connectivity index (χ2n) is 5.11. The van der Waals surface area contributed by atoms with Gasteiger partial charge in [0.15, 0.2) is 0 Å². The topological polar surface area (TPSA) is 87.5 Å². The first-order chi connectivity index (χ1) is 11.9. The first-order valence-electron chi connectivity index (χ1n) is 7.75. The lowest BCUT2D eigenvalue weighted by atomic mass is 10.2. The SMILES string of the molecule is CCN(CC)S(=O)(=O)c1cccc(C(=O)Oc2ccccc2C#N)c1. The standard InChI is InChI=1S/C18H18N2O4S/c1-3-20(4-2)25(22,23)16-10-7-9-14(12-16)18(21)24-17-11-6-5-8-15(17)13-19/h5-12H,3-4H2,1-2H3. The lowest BCUT2D eigenvalue weighted by molar-refractivity contribution is 0.0734. The summed E-state index contributed by atoms with van der Waals surface area (Å²) in [4.78, 5) is 12.4. The molecule has 0 spiro atoms. The molecule has 0 fully saturated rings. The molecule has 0 aliphatic carbocycles. The third kappa shape index (κ3) is 4.05. The summed E-state index contributed by atoms with van der Waals surface area (Å²) in [6.07, 6.45) is 0. The molecule has 130 valence electrons. The van der Waals surface area contributed by atoms with Gasteiger partial charge in [0.05, 0.1) is 16.0 Å². The van der Waals surface area contributed by atoms with Gasteiger partial charge in [0.25, 0.3) is 0 Å². The molecule has 2 aromatic rings. The van der Waals surface area contributed by atoms with Gasteiger partial charge in [-0.1, -0.05) is 32.0 Å². The minimum absolute atomic E-state index is 0.0271. The van der Waals surface area contributed by atoms with Gasteiger partial charge in [-0.2, -0.15) is 9.57 Å². The second kappa shape index (κ2) is 7.92. The van der Waals surface area contributed by atoms with E-state index in [0.29, 0.717) is 13.1 Å². The minimum Gasteiger partial charge on any atom is -0.422 e. The molecule has 25 heavy (non-hydrogen) atoms. The monoisotopic (exact) mass is 358 g/mol. The number of ether oxygens (including phenoxy) is 1. The van der Waals surface area contributed by atoms with E-state index in [4.69, 9.17) is 10.00 Å². The van der Waals surface area contributed by atoms with Crippen LogP contribution in [0.2, 0.25) is 0 Å². The van der Waals surface area contributed by atoms with Crippen molar-refractivity contribution in [3.05, 3.63) is 59.7 Å². The fourth-order valence-corrected chi connectivity index (χ4v) is 3.81. The highest BCUT2D eigenvalue weighted by molar-refractivity contribution is 7.89. The number of esters is 1. The average molecular weight is 358 g/mol. The molecule has 0 atom stereocenters. The molecule has 2 aromatic carbocycles. The molecule has 0 heterocycles. The highest BCUT2D eigenvalue weighted by Gasteiger charge is 2.23. The van der Waals surface area contributed by atoms with Crippen molar-refractivity contribution < 1.29 is 17.9 Å². The Bertz CT molecular complexity index is 913. The van der Waals surface area contributed by atoms with E-state index in [1.165, 1.54) is 40.7 Å². The van der Waals surface area contributed by atoms with Crippen molar-refractivity contribution in [3.8, 4) is 11.8 Å². The Morgan fingerprint density at radius 2 is 1.80 bits per heavy atom. The Morgan fingerprint density at radius 1 is 1.12 bits per heavy atom. The van der Waals surface area contributed by atoms with Crippen LogP contribution in [0.5, 0.6) is 5.75 Å². The highest BCUT2D eigenvalue weighted by atomic mass is 32.2. The van der Waals surface area contributed by atoms with E-state index in [1.54, 1.807) is 26.0 Å². The van der Waals surface area contributed by atoms with Crippen LogP contribution in [0.25, 0.3) is 0 Å². The number of benzene rings is 2. The zero-order valence-corrected chi connectivity index (χ0v) is 14.8. The number of para-hydroxylation sites is 1. The van der Waals surface area contributed by atoms with Crippen LogP contribution in [0.4, 0.5) is 0 Å². The molecule has 7 heteroatoms. The second-order valence-corrected chi connectivity index (χ2v) is 7.05. The van der Waals surface area contributed by atoms with Gasteiger partial charge in [-0.3, -0.25) is 0 Å². The van der Waals surface area contributed by atoms with Gasteiger partial charge in [0.2, 0.25) is 10.0 Å². The first-order valence-corrected chi connectivity index (χ1v) is 9.19. The Labute approximate surface area is 147 Å². The molecular weight excluding hydrogens is 340 g/mol. The fourth-order valence-electron chi connectivity index (χ4n) is 2.30. The fraction of sp³-hybridized carbons (Fsp3) is 0.222. The van der Waals surface area contributed by atoms with E-state index < -0.39 is 16.0 Å². The van der Waals surface area contributed by atoms with E-state index in [-0.39, 0.29) is 21.8 Å². The zero-order chi connectivity index (χ0) is 18.4. The molecule has 6 nitrogen and oxygen atoms in total. The smallest absolute Gasteiger partial charge is 0.343 e. The summed E-state index contributed by atoms with van der Waals surface area (Å²) in [7, 11) is -3.67. The molecule has 0 unspecified atom stereocenters. The molecule has 0 aliphatic rings. The van der Waals surface area contributed by atoms with Gasteiger partial charge >= 0.3 is 5.97 Å². The van der Waals surface area contributed by atoms with Gasteiger partial charge in [-0.05, 0) is 30.3 Å². The number of nitriles is 1. The summed E-state index contributed by atoms with van der Waals surface area (Å²) >= 11 is 0. The predicted molar refractivity (Wildman–Crippen MR) is 92.7 cm³/mol. The van der Waals surface area contributed by atoms with E-state index in [0.717, 1.165) is 0 Å². The van der Waals surface area contributed by atoms with E-state index in [2.05, 4.69) is 0 Å². The van der Waals surface area contributed by atoms with Gasteiger partial charge in [0, 0.05) is 13.1 Å². The Balaban J connectivity index is 2.33. The molecule has 0 saturated heterocycles. The number of hydrogen-bond donors (Lipinski definition) is 0. The number of carbonyl (C=O) groups excluding carboxylic acids is 1.